The normalized spacial score (nSPS) is 16.7. The largest absolute Gasteiger partial charge is 0.353 e. The second-order valence-electron chi connectivity index (χ2n) is 6.36. The van der Waals surface area contributed by atoms with Gasteiger partial charge in [-0.3, -0.25) is 5.32 Å². The SMILES string of the molecule is Cn1cccc1C1CCCN1C(=O)Nc1nncc(-c2ccccc2)n1. The molecule has 0 bridgehead atoms. The maximum atomic E-state index is 12.8. The number of nitrogens with one attached hydrogen (secondary N) is 1. The van der Waals surface area contributed by atoms with E-state index in [0.29, 0.717) is 12.2 Å². The van der Waals surface area contributed by atoms with Gasteiger partial charge in [-0.1, -0.05) is 30.3 Å². The summed E-state index contributed by atoms with van der Waals surface area (Å²) in [6.45, 7) is 0.716. The topological polar surface area (TPSA) is 75.9 Å². The third-order valence-corrected chi connectivity index (χ3v) is 4.69. The van der Waals surface area contributed by atoms with Crippen molar-refractivity contribution < 1.29 is 4.79 Å². The van der Waals surface area contributed by atoms with Crippen molar-refractivity contribution in [2.24, 2.45) is 7.05 Å². The molecule has 1 saturated heterocycles. The molecule has 7 heteroatoms. The maximum absolute atomic E-state index is 12.8. The van der Waals surface area contributed by atoms with Crippen molar-refractivity contribution in [3.63, 3.8) is 0 Å². The zero-order valence-corrected chi connectivity index (χ0v) is 14.5. The van der Waals surface area contributed by atoms with Crippen LogP contribution in [0.5, 0.6) is 0 Å². The van der Waals surface area contributed by atoms with Gasteiger partial charge in [-0.05, 0) is 25.0 Å². The quantitative estimate of drug-likeness (QED) is 0.788. The Morgan fingerprint density at radius 2 is 2.04 bits per heavy atom. The molecule has 2 amide bonds. The van der Waals surface area contributed by atoms with Gasteiger partial charge in [0.05, 0.1) is 17.9 Å². The van der Waals surface area contributed by atoms with Gasteiger partial charge >= 0.3 is 6.03 Å². The maximum Gasteiger partial charge on any atom is 0.324 e. The number of aryl methyl sites for hydroxylation is 1. The molecule has 1 N–H and O–H groups in total. The summed E-state index contributed by atoms with van der Waals surface area (Å²) in [4.78, 5) is 19.0. The summed E-state index contributed by atoms with van der Waals surface area (Å²) in [6.07, 6.45) is 5.52. The summed E-state index contributed by atoms with van der Waals surface area (Å²) in [5.41, 5.74) is 2.74. The number of amides is 2. The van der Waals surface area contributed by atoms with Crippen molar-refractivity contribution in [3.8, 4) is 11.3 Å². The summed E-state index contributed by atoms with van der Waals surface area (Å²) in [7, 11) is 2.00. The minimum atomic E-state index is -0.194. The minimum absolute atomic E-state index is 0.0697. The lowest BCUT2D eigenvalue weighted by molar-refractivity contribution is 0.205. The summed E-state index contributed by atoms with van der Waals surface area (Å²) >= 11 is 0. The summed E-state index contributed by atoms with van der Waals surface area (Å²) < 4.78 is 2.06. The summed E-state index contributed by atoms with van der Waals surface area (Å²) in [5.74, 6) is 0.217. The molecule has 1 aliphatic rings. The number of urea groups is 1. The molecule has 1 aliphatic heterocycles. The Morgan fingerprint density at radius 1 is 1.19 bits per heavy atom. The molecular weight excluding hydrogens is 328 g/mol. The van der Waals surface area contributed by atoms with Crippen LogP contribution in [0.25, 0.3) is 11.3 Å². The molecule has 1 atom stereocenters. The van der Waals surface area contributed by atoms with Crippen molar-refractivity contribution in [1.82, 2.24) is 24.6 Å². The predicted molar refractivity (Wildman–Crippen MR) is 98.4 cm³/mol. The first-order valence-electron chi connectivity index (χ1n) is 8.66. The Morgan fingerprint density at radius 3 is 2.81 bits per heavy atom. The fourth-order valence-electron chi connectivity index (χ4n) is 3.41. The van der Waals surface area contributed by atoms with E-state index in [-0.39, 0.29) is 18.0 Å². The highest BCUT2D eigenvalue weighted by atomic mass is 16.2. The molecule has 1 unspecified atom stereocenters. The Labute approximate surface area is 151 Å². The van der Waals surface area contributed by atoms with E-state index in [4.69, 9.17) is 0 Å². The molecule has 2 aromatic heterocycles. The van der Waals surface area contributed by atoms with Crippen molar-refractivity contribution in [2.45, 2.75) is 18.9 Å². The lowest BCUT2D eigenvalue weighted by Crippen LogP contribution is -2.35. The molecule has 4 rings (SSSR count). The molecule has 7 nitrogen and oxygen atoms in total. The van der Waals surface area contributed by atoms with Crippen LogP contribution in [0.1, 0.15) is 24.6 Å². The fourth-order valence-corrected chi connectivity index (χ4v) is 3.41. The number of aromatic nitrogens is 4. The third-order valence-electron chi connectivity index (χ3n) is 4.69. The van der Waals surface area contributed by atoms with Gasteiger partial charge in [0.1, 0.15) is 0 Å². The molecule has 0 spiro atoms. The molecule has 132 valence electrons. The van der Waals surface area contributed by atoms with Crippen LogP contribution in [-0.2, 0) is 7.05 Å². The monoisotopic (exact) mass is 348 g/mol. The van der Waals surface area contributed by atoms with E-state index >= 15 is 0 Å². The minimum Gasteiger partial charge on any atom is -0.353 e. The predicted octanol–water partition coefficient (Wildman–Crippen LogP) is 3.25. The second kappa shape index (κ2) is 6.95. The lowest BCUT2D eigenvalue weighted by Gasteiger charge is -2.25. The number of carbonyl (C=O) groups excluding carboxylic acids is 1. The molecule has 1 aromatic carbocycles. The highest BCUT2D eigenvalue weighted by Crippen LogP contribution is 2.32. The van der Waals surface area contributed by atoms with Crippen LogP contribution in [0.2, 0.25) is 0 Å². The van der Waals surface area contributed by atoms with Gasteiger partial charge in [0.25, 0.3) is 5.95 Å². The average molecular weight is 348 g/mol. The Hall–Kier alpha value is -3.22. The van der Waals surface area contributed by atoms with Crippen molar-refractivity contribution in [1.29, 1.82) is 0 Å². The van der Waals surface area contributed by atoms with Crippen LogP contribution in [0.3, 0.4) is 0 Å². The van der Waals surface area contributed by atoms with Gasteiger partial charge in [0, 0.05) is 31.0 Å². The number of carbonyl (C=O) groups is 1. The van der Waals surface area contributed by atoms with Crippen molar-refractivity contribution >= 4 is 12.0 Å². The molecule has 3 aromatic rings. The molecule has 0 radical (unpaired) electrons. The van der Waals surface area contributed by atoms with Gasteiger partial charge in [-0.15, -0.1) is 5.10 Å². The van der Waals surface area contributed by atoms with E-state index in [9.17, 15) is 4.79 Å². The van der Waals surface area contributed by atoms with E-state index in [1.165, 1.54) is 0 Å². The number of hydrogen-bond acceptors (Lipinski definition) is 4. The van der Waals surface area contributed by atoms with E-state index < -0.39 is 0 Å². The van der Waals surface area contributed by atoms with Crippen LogP contribution < -0.4 is 5.32 Å². The van der Waals surface area contributed by atoms with Crippen LogP contribution >= 0.6 is 0 Å². The first kappa shape index (κ1) is 16.3. The van der Waals surface area contributed by atoms with E-state index in [2.05, 4.69) is 31.1 Å². The van der Waals surface area contributed by atoms with Crippen LogP contribution in [0, 0.1) is 0 Å². The molecular formula is C19H20N6O. The van der Waals surface area contributed by atoms with Gasteiger partial charge in [-0.25, -0.2) is 9.78 Å². The molecule has 0 saturated carbocycles. The van der Waals surface area contributed by atoms with Gasteiger partial charge in [-0.2, -0.15) is 5.10 Å². The number of rotatable bonds is 3. The first-order chi connectivity index (χ1) is 12.7. The second-order valence-corrected chi connectivity index (χ2v) is 6.36. The highest BCUT2D eigenvalue weighted by molar-refractivity contribution is 5.88. The fraction of sp³-hybridized carbons (Fsp3) is 0.263. The molecule has 3 heterocycles. The van der Waals surface area contributed by atoms with E-state index in [0.717, 1.165) is 24.1 Å². The average Bonchev–Trinajstić information content (AvgIpc) is 3.31. The smallest absolute Gasteiger partial charge is 0.324 e. The molecule has 0 aliphatic carbocycles. The van der Waals surface area contributed by atoms with Crippen molar-refractivity contribution in [2.75, 3.05) is 11.9 Å². The number of hydrogen-bond donors (Lipinski definition) is 1. The standard InChI is InChI=1S/C19H20N6O/c1-24-11-5-9-16(24)17-10-6-12-25(17)19(26)22-18-21-15(13-20-23-18)14-7-3-2-4-8-14/h2-5,7-9,11,13,17H,6,10,12H2,1H3,(H,21,22,23,26). The number of anilines is 1. The van der Waals surface area contributed by atoms with Gasteiger partial charge in [0.15, 0.2) is 0 Å². The Kier molecular flexibility index (Phi) is 4.35. The Bertz CT molecular complexity index is 907. The summed E-state index contributed by atoms with van der Waals surface area (Å²) in [5, 5.41) is 10.7. The van der Waals surface area contributed by atoms with Crippen LogP contribution in [0.15, 0.2) is 54.9 Å². The Balaban J connectivity index is 1.52. The third kappa shape index (κ3) is 3.15. The number of likely N-dealkylation sites (tertiary alicyclic amines) is 1. The van der Waals surface area contributed by atoms with E-state index in [1.807, 2.05) is 54.5 Å². The van der Waals surface area contributed by atoms with Crippen LogP contribution in [0.4, 0.5) is 10.7 Å². The lowest BCUT2D eigenvalue weighted by atomic mass is 10.1. The highest BCUT2D eigenvalue weighted by Gasteiger charge is 2.31. The zero-order valence-electron chi connectivity index (χ0n) is 14.5. The van der Waals surface area contributed by atoms with Crippen LogP contribution in [-0.4, -0.2) is 37.2 Å². The van der Waals surface area contributed by atoms with Crippen molar-refractivity contribution in [3.05, 3.63) is 60.6 Å². The summed E-state index contributed by atoms with van der Waals surface area (Å²) in [6, 6.07) is 13.6. The van der Waals surface area contributed by atoms with Gasteiger partial charge < -0.3 is 9.47 Å². The number of benzene rings is 1. The van der Waals surface area contributed by atoms with E-state index in [1.54, 1.807) is 6.20 Å². The number of nitrogens with zero attached hydrogens (tertiary/aromatic N) is 5. The first-order valence-corrected chi connectivity index (χ1v) is 8.66. The van der Waals surface area contributed by atoms with Gasteiger partial charge in [0.2, 0.25) is 0 Å². The molecule has 1 fully saturated rings. The molecule has 26 heavy (non-hydrogen) atoms. The zero-order chi connectivity index (χ0) is 17.9.